The van der Waals surface area contributed by atoms with Gasteiger partial charge in [0, 0.05) is 23.5 Å². The minimum Gasteiger partial charge on any atom is -0.352 e. The third-order valence-corrected chi connectivity index (χ3v) is 3.39. The van der Waals surface area contributed by atoms with Crippen LogP contribution in [0.4, 0.5) is 30.8 Å². The molecule has 0 radical (unpaired) electrons. The Morgan fingerprint density at radius 3 is 2.30 bits per heavy atom. The van der Waals surface area contributed by atoms with E-state index in [1.807, 2.05) is 44.2 Å². The lowest BCUT2D eigenvalue weighted by molar-refractivity contribution is -0.141. The van der Waals surface area contributed by atoms with Gasteiger partial charge in [-0.25, -0.2) is 0 Å². The van der Waals surface area contributed by atoms with Gasteiger partial charge in [-0.2, -0.15) is 28.1 Å². The Morgan fingerprint density at radius 2 is 1.63 bits per heavy atom. The van der Waals surface area contributed by atoms with E-state index in [1.54, 1.807) is 0 Å². The zero-order valence-electron chi connectivity index (χ0n) is 14.6. The van der Waals surface area contributed by atoms with Crippen molar-refractivity contribution < 1.29 is 13.2 Å². The number of aromatic nitrogens is 4. The van der Waals surface area contributed by atoms with Crippen LogP contribution in [0.5, 0.6) is 0 Å². The topological polar surface area (TPSA) is 75.6 Å². The summed E-state index contributed by atoms with van der Waals surface area (Å²) in [5.74, 6) is 0.860. The second kappa shape index (κ2) is 7.56. The molecular formula is C18H17F3N6. The highest BCUT2D eigenvalue weighted by Crippen LogP contribution is 2.29. The summed E-state index contributed by atoms with van der Waals surface area (Å²) in [4.78, 5) is 16.3. The maximum Gasteiger partial charge on any atom is 0.433 e. The molecule has 0 bridgehead atoms. The third-order valence-electron chi connectivity index (χ3n) is 3.39. The standard InChI is InChI=1S/C18H17F3N6/c1-11(2)23-16-25-15(12-6-4-3-5-7-12)26-17(27-16)24-13-8-9-22-14(10-13)18(19,20)21/h3-11H,1-2H3,(H2,22,23,24,25,26,27). The summed E-state index contributed by atoms with van der Waals surface area (Å²) in [5.41, 5.74) is -0.0520. The second-order valence-corrected chi connectivity index (χ2v) is 6.02. The predicted molar refractivity (Wildman–Crippen MR) is 96.5 cm³/mol. The molecule has 0 saturated carbocycles. The van der Waals surface area contributed by atoms with Crippen LogP contribution in [-0.4, -0.2) is 26.0 Å². The van der Waals surface area contributed by atoms with Crippen molar-refractivity contribution in [3.63, 3.8) is 0 Å². The van der Waals surface area contributed by atoms with Gasteiger partial charge < -0.3 is 10.6 Å². The Hall–Kier alpha value is -3.23. The molecule has 0 aliphatic carbocycles. The maximum atomic E-state index is 12.9. The summed E-state index contributed by atoms with van der Waals surface area (Å²) >= 11 is 0. The lowest BCUT2D eigenvalue weighted by Gasteiger charge is -2.13. The van der Waals surface area contributed by atoms with Crippen LogP contribution < -0.4 is 10.6 Å². The largest absolute Gasteiger partial charge is 0.433 e. The summed E-state index contributed by atoms with van der Waals surface area (Å²) in [5, 5.41) is 5.88. The zero-order valence-corrected chi connectivity index (χ0v) is 14.6. The van der Waals surface area contributed by atoms with Gasteiger partial charge in [-0.05, 0) is 26.0 Å². The van der Waals surface area contributed by atoms with Crippen LogP contribution in [0.3, 0.4) is 0 Å². The Morgan fingerprint density at radius 1 is 0.926 bits per heavy atom. The fraction of sp³-hybridized carbons (Fsp3) is 0.222. The monoisotopic (exact) mass is 374 g/mol. The number of hydrogen-bond donors (Lipinski definition) is 2. The first-order valence-corrected chi connectivity index (χ1v) is 8.19. The molecule has 140 valence electrons. The van der Waals surface area contributed by atoms with E-state index < -0.39 is 11.9 Å². The van der Waals surface area contributed by atoms with Crippen LogP contribution in [0.25, 0.3) is 11.4 Å². The van der Waals surface area contributed by atoms with E-state index in [1.165, 1.54) is 6.07 Å². The van der Waals surface area contributed by atoms with Crippen molar-refractivity contribution in [2.75, 3.05) is 10.6 Å². The van der Waals surface area contributed by atoms with E-state index in [-0.39, 0.29) is 17.7 Å². The van der Waals surface area contributed by atoms with Crippen LogP contribution in [-0.2, 0) is 6.18 Å². The molecule has 0 amide bonds. The lowest BCUT2D eigenvalue weighted by Crippen LogP contribution is -2.14. The van der Waals surface area contributed by atoms with Crippen molar-refractivity contribution in [1.82, 2.24) is 19.9 Å². The molecule has 0 spiro atoms. The fourth-order valence-corrected chi connectivity index (χ4v) is 2.26. The Balaban J connectivity index is 1.97. The first kappa shape index (κ1) is 18.6. The maximum absolute atomic E-state index is 12.9. The summed E-state index contributed by atoms with van der Waals surface area (Å²) in [6.07, 6.45) is -3.45. The molecule has 6 nitrogen and oxygen atoms in total. The number of halogens is 3. The molecule has 2 heterocycles. The molecule has 0 atom stereocenters. The number of hydrogen-bond acceptors (Lipinski definition) is 6. The van der Waals surface area contributed by atoms with E-state index in [0.29, 0.717) is 11.8 Å². The highest BCUT2D eigenvalue weighted by atomic mass is 19.4. The molecule has 2 aromatic heterocycles. The third kappa shape index (κ3) is 4.90. The van der Waals surface area contributed by atoms with Gasteiger partial charge in [0.15, 0.2) is 5.82 Å². The highest BCUT2D eigenvalue weighted by molar-refractivity contribution is 5.61. The van der Waals surface area contributed by atoms with Crippen LogP contribution in [0.2, 0.25) is 0 Å². The summed E-state index contributed by atoms with van der Waals surface area (Å²) in [7, 11) is 0. The molecule has 0 aliphatic heterocycles. The van der Waals surface area contributed by atoms with E-state index in [4.69, 9.17) is 0 Å². The van der Waals surface area contributed by atoms with Gasteiger partial charge in [0.1, 0.15) is 5.69 Å². The first-order valence-electron chi connectivity index (χ1n) is 8.19. The van der Waals surface area contributed by atoms with Crippen molar-refractivity contribution in [2.45, 2.75) is 26.1 Å². The predicted octanol–water partition coefficient (Wildman–Crippen LogP) is 4.52. The average Bonchev–Trinajstić information content (AvgIpc) is 2.61. The molecule has 0 unspecified atom stereocenters. The summed E-state index contributed by atoms with van der Waals surface area (Å²) < 4.78 is 38.6. The Bertz CT molecular complexity index is 912. The van der Waals surface area contributed by atoms with Gasteiger partial charge >= 0.3 is 6.18 Å². The number of anilines is 3. The van der Waals surface area contributed by atoms with E-state index in [0.717, 1.165) is 17.8 Å². The number of alkyl halides is 3. The normalized spacial score (nSPS) is 11.5. The van der Waals surface area contributed by atoms with Gasteiger partial charge in [-0.15, -0.1) is 0 Å². The molecule has 0 fully saturated rings. The van der Waals surface area contributed by atoms with Gasteiger partial charge in [-0.1, -0.05) is 30.3 Å². The van der Waals surface area contributed by atoms with Gasteiger partial charge in [0.05, 0.1) is 0 Å². The molecule has 3 aromatic rings. The minimum atomic E-state index is -4.53. The fourth-order valence-electron chi connectivity index (χ4n) is 2.26. The second-order valence-electron chi connectivity index (χ2n) is 6.02. The van der Waals surface area contributed by atoms with Crippen LogP contribution >= 0.6 is 0 Å². The van der Waals surface area contributed by atoms with Crippen LogP contribution in [0, 0.1) is 0 Å². The molecule has 3 rings (SSSR count). The van der Waals surface area contributed by atoms with Crippen molar-refractivity contribution >= 4 is 17.6 Å². The molecule has 9 heteroatoms. The molecule has 0 saturated heterocycles. The van der Waals surface area contributed by atoms with Crippen molar-refractivity contribution in [3.8, 4) is 11.4 Å². The van der Waals surface area contributed by atoms with Crippen molar-refractivity contribution in [1.29, 1.82) is 0 Å². The van der Waals surface area contributed by atoms with E-state index in [2.05, 4.69) is 30.6 Å². The Labute approximate surface area is 153 Å². The smallest absolute Gasteiger partial charge is 0.352 e. The molecule has 1 aromatic carbocycles. The van der Waals surface area contributed by atoms with Crippen LogP contribution in [0.1, 0.15) is 19.5 Å². The molecular weight excluding hydrogens is 357 g/mol. The number of benzene rings is 1. The quantitative estimate of drug-likeness (QED) is 0.684. The van der Waals surface area contributed by atoms with E-state index >= 15 is 0 Å². The average molecular weight is 374 g/mol. The number of rotatable bonds is 5. The van der Waals surface area contributed by atoms with Crippen LogP contribution in [0.15, 0.2) is 48.7 Å². The number of nitrogens with zero attached hydrogens (tertiary/aromatic N) is 4. The SMILES string of the molecule is CC(C)Nc1nc(Nc2ccnc(C(F)(F)F)c2)nc(-c2ccccc2)n1. The summed E-state index contributed by atoms with van der Waals surface area (Å²) in [6.45, 7) is 3.86. The highest BCUT2D eigenvalue weighted by Gasteiger charge is 2.32. The van der Waals surface area contributed by atoms with Gasteiger partial charge in [0.25, 0.3) is 0 Å². The van der Waals surface area contributed by atoms with Crippen molar-refractivity contribution in [2.24, 2.45) is 0 Å². The number of nitrogens with one attached hydrogen (secondary N) is 2. The van der Waals surface area contributed by atoms with E-state index in [9.17, 15) is 13.2 Å². The molecule has 27 heavy (non-hydrogen) atoms. The zero-order chi connectivity index (χ0) is 19.4. The van der Waals surface area contributed by atoms with Crippen molar-refractivity contribution in [3.05, 3.63) is 54.4 Å². The molecule has 0 aliphatic rings. The minimum absolute atomic E-state index is 0.0710. The molecule has 2 N–H and O–H groups in total. The summed E-state index contributed by atoms with van der Waals surface area (Å²) in [6, 6.07) is 11.6. The number of pyridine rings is 1. The first-order chi connectivity index (χ1) is 12.8. The Kier molecular flexibility index (Phi) is 5.20. The van der Waals surface area contributed by atoms with Gasteiger partial charge in [0.2, 0.25) is 11.9 Å². The van der Waals surface area contributed by atoms with Gasteiger partial charge in [-0.3, -0.25) is 4.98 Å². The lowest BCUT2D eigenvalue weighted by atomic mass is 10.2.